The number of benzene rings is 3. The number of hydrogen-bond acceptors (Lipinski definition) is 10. The van der Waals surface area contributed by atoms with Crippen molar-refractivity contribution < 1.29 is 28.5 Å². The standard InChI is InChI=1S/C37H34N4O7S/c1-6-18-47-28-15-12-24(13-16-28)33-26(21-40(39-33)27-10-8-7-9-11-27)20-31-35(43)41-34(32(36(44)46-5)22(2)38-37(41)49-31)25-14-17-29(48-23(3)42)30(19-25)45-4/h7-17,19-21,34H,6,18H2,1-5H3/b31-20+/t34-/m0/s1. The van der Waals surface area contributed by atoms with E-state index in [1.165, 1.54) is 37.0 Å². The van der Waals surface area contributed by atoms with Crippen LogP contribution in [0.5, 0.6) is 17.2 Å². The molecule has 0 N–H and O–H groups in total. The van der Waals surface area contributed by atoms with Crippen LogP contribution in [0.15, 0.2) is 100 Å². The van der Waals surface area contributed by atoms with Crippen LogP contribution < -0.4 is 29.1 Å². The van der Waals surface area contributed by atoms with Crippen LogP contribution in [0.1, 0.15) is 44.4 Å². The fourth-order valence-electron chi connectivity index (χ4n) is 5.60. The van der Waals surface area contributed by atoms with Crippen molar-refractivity contribution in [3.05, 3.63) is 121 Å². The fourth-order valence-corrected chi connectivity index (χ4v) is 6.64. The number of allylic oxidation sites excluding steroid dienone is 1. The number of fused-ring (bicyclic) bond motifs is 1. The first-order valence-corrected chi connectivity index (χ1v) is 16.4. The average Bonchev–Trinajstić information content (AvgIpc) is 3.67. The molecule has 2 aromatic heterocycles. The van der Waals surface area contributed by atoms with Crippen LogP contribution in [0, 0.1) is 0 Å². The van der Waals surface area contributed by atoms with Crippen LogP contribution in [0.2, 0.25) is 0 Å². The molecule has 0 spiro atoms. The summed E-state index contributed by atoms with van der Waals surface area (Å²) in [6.45, 7) is 5.67. The summed E-state index contributed by atoms with van der Waals surface area (Å²) in [5.74, 6) is 0.0940. The van der Waals surface area contributed by atoms with Crippen molar-refractivity contribution >= 4 is 29.4 Å². The van der Waals surface area contributed by atoms with Gasteiger partial charge in [-0.25, -0.2) is 14.5 Å². The second-order valence-electron chi connectivity index (χ2n) is 11.2. The highest BCUT2D eigenvalue weighted by Gasteiger charge is 2.34. The molecule has 3 aromatic carbocycles. The van der Waals surface area contributed by atoms with Gasteiger partial charge in [0.25, 0.3) is 5.56 Å². The Balaban J connectivity index is 1.52. The predicted octanol–water partition coefficient (Wildman–Crippen LogP) is 4.98. The second kappa shape index (κ2) is 14.2. The van der Waals surface area contributed by atoms with Gasteiger partial charge in [0.2, 0.25) is 0 Å². The number of esters is 2. The molecule has 49 heavy (non-hydrogen) atoms. The Bertz CT molecular complexity index is 2250. The van der Waals surface area contributed by atoms with Crippen LogP contribution in [0.4, 0.5) is 0 Å². The third-order valence-electron chi connectivity index (χ3n) is 7.83. The van der Waals surface area contributed by atoms with E-state index in [2.05, 4.69) is 11.9 Å². The van der Waals surface area contributed by atoms with Gasteiger partial charge in [0.05, 0.1) is 48.4 Å². The first kappa shape index (κ1) is 33.2. The summed E-state index contributed by atoms with van der Waals surface area (Å²) in [7, 11) is 2.72. The second-order valence-corrected chi connectivity index (χ2v) is 12.2. The SMILES string of the molecule is CCCOc1ccc(-c2nn(-c3ccccc3)cc2/C=c2/sc3n(c2=O)[C@@H](c2ccc(OC(C)=O)c(OC)c2)C(C(=O)OC)=C(C)N=3)cc1. The number of carbonyl (C=O) groups is 2. The molecule has 0 radical (unpaired) electrons. The van der Waals surface area contributed by atoms with Crippen LogP contribution in [-0.2, 0) is 14.3 Å². The Hall–Kier alpha value is -5.75. The first-order chi connectivity index (χ1) is 23.7. The summed E-state index contributed by atoms with van der Waals surface area (Å²) in [5.41, 5.74) is 3.89. The summed E-state index contributed by atoms with van der Waals surface area (Å²) < 4.78 is 25.4. The average molecular weight is 679 g/mol. The molecule has 1 aliphatic heterocycles. The number of nitrogens with zero attached hydrogens (tertiary/aromatic N) is 4. The summed E-state index contributed by atoms with van der Waals surface area (Å²) in [6, 6.07) is 21.4. The molecule has 0 bridgehead atoms. The van der Waals surface area contributed by atoms with E-state index in [1.54, 1.807) is 35.9 Å². The van der Waals surface area contributed by atoms with E-state index in [1.807, 2.05) is 60.8 Å². The number of thiazole rings is 1. The Labute approximate surface area is 286 Å². The molecule has 0 amide bonds. The van der Waals surface area contributed by atoms with Crippen molar-refractivity contribution in [2.75, 3.05) is 20.8 Å². The Morgan fingerprint density at radius 3 is 2.43 bits per heavy atom. The number of carbonyl (C=O) groups excluding carboxylic acids is 2. The molecule has 5 aromatic rings. The topological polar surface area (TPSA) is 123 Å². The van der Waals surface area contributed by atoms with E-state index in [9.17, 15) is 14.4 Å². The van der Waals surface area contributed by atoms with Gasteiger partial charge in [-0.15, -0.1) is 0 Å². The van der Waals surface area contributed by atoms with Crippen molar-refractivity contribution in [2.45, 2.75) is 33.2 Å². The summed E-state index contributed by atoms with van der Waals surface area (Å²) in [4.78, 5) is 44.3. The maximum absolute atomic E-state index is 14.4. The van der Waals surface area contributed by atoms with Gasteiger partial charge in [0.15, 0.2) is 16.3 Å². The van der Waals surface area contributed by atoms with Crippen LogP contribution in [0.25, 0.3) is 23.0 Å². The lowest BCUT2D eigenvalue weighted by Crippen LogP contribution is -2.39. The Kier molecular flexibility index (Phi) is 9.58. The van der Waals surface area contributed by atoms with Gasteiger partial charge in [-0.3, -0.25) is 14.2 Å². The fraction of sp³-hybridized carbons (Fsp3) is 0.216. The smallest absolute Gasteiger partial charge is 0.338 e. The molecule has 0 saturated heterocycles. The number of hydrogen-bond donors (Lipinski definition) is 0. The molecule has 11 nitrogen and oxygen atoms in total. The van der Waals surface area contributed by atoms with Crippen molar-refractivity contribution in [1.82, 2.24) is 14.3 Å². The number of rotatable bonds is 10. The van der Waals surface area contributed by atoms with Gasteiger partial charge >= 0.3 is 11.9 Å². The van der Waals surface area contributed by atoms with Gasteiger partial charge in [-0.2, -0.15) is 5.10 Å². The van der Waals surface area contributed by atoms with E-state index in [4.69, 9.17) is 24.0 Å². The minimum absolute atomic E-state index is 0.201. The molecule has 6 rings (SSSR count). The van der Waals surface area contributed by atoms with E-state index in [0.717, 1.165) is 23.4 Å². The van der Waals surface area contributed by atoms with E-state index >= 15 is 0 Å². The zero-order valence-corrected chi connectivity index (χ0v) is 28.4. The maximum atomic E-state index is 14.4. The van der Waals surface area contributed by atoms with Crippen LogP contribution in [-0.4, -0.2) is 47.1 Å². The molecular formula is C37H34N4O7S. The van der Waals surface area contributed by atoms with Gasteiger partial charge in [0.1, 0.15) is 11.4 Å². The van der Waals surface area contributed by atoms with E-state index < -0.39 is 18.0 Å². The Morgan fingerprint density at radius 2 is 1.76 bits per heavy atom. The summed E-state index contributed by atoms with van der Waals surface area (Å²) in [6.07, 6.45) is 4.58. The molecule has 0 unspecified atom stereocenters. The number of aromatic nitrogens is 3. The van der Waals surface area contributed by atoms with E-state index in [-0.39, 0.29) is 22.6 Å². The molecule has 0 fully saturated rings. The molecule has 0 aliphatic carbocycles. The highest BCUT2D eigenvalue weighted by atomic mass is 32.1. The van der Waals surface area contributed by atoms with Gasteiger partial charge in [-0.05, 0) is 73.5 Å². The zero-order valence-electron chi connectivity index (χ0n) is 27.6. The van der Waals surface area contributed by atoms with Crippen LogP contribution in [0.3, 0.4) is 0 Å². The largest absolute Gasteiger partial charge is 0.494 e. The molecule has 0 saturated carbocycles. The maximum Gasteiger partial charge on any atom is 0.338 e. The number of para-hydroxylation sites is 1. The van der Waals surface area contributed by atoms with Gasteiger partial charge in [0, 0.05) is 24.2 Å². The van der Waals surface area contributed by atoms with E-state index in [0.29, 0.717) is 38.5 Å². The van der Waals surface area contributed by atoms with Crippen molar-refractivity contribution in [3.63, 3.8) is 0 Å². The first-order valence-electron chi connectivity index (χ1n) is 15.6. The molecule has 1 atom stereocenters. The van der Waals surface area contributed by atoms with Gasteiger partial charge in [-0.1, -0.05) is 42.5 Å². The number of ether oxygens (including phenoxy) is 4. The number of methoxy groups -OCH3 is 2. The molecule has 1 aliphatic rings. The lowest BCUT2D eigenvalue weighted by atomic mass is 9.95. The van der Waals surface area contributed by atoms with Crippen molar-refractivity contribution in [1.29, 1.82) is 0 Å². The third kappa shape index (κ3) is 6.68. The van der Waals surface area contributed by atoms with Crippen molar-refractivity contribution in [3.8, 4) is 34.2 Å². The van der Waals surface area contributed by atoms with Crippen LogP contribution >= 0.6 is 11.3 Å². The third-order valence-corrected chi connectivity index (χ3v) is 8.82. The van der Waals surface area contributed by atoms with Gasteiger partial charge < -0.3 is 18.9 Å². The molecular weight excluding hydrogens is 644 g/mol. The molecule has 250 valence electrons. The monoisotopic (exact) mass is 678 g/mol. The minimum atomic E-state index is -0.895. The predicted molar refractivity (Wildman–Crippen MR) is 185 cm³/mol. The lowest BCUT2D eigenvalue weighted by Gasteiger charge is -2.25. The quantitative estimate of drug-likeness (QED) is 0.150. The lowest BCUT2D eigenvalue weighted by molar-refractivity contribution is -0.136. The normalized spacial score (nSPS) is 14.2. The Morgan fingerprint density at radius 1 is 1.00 bits per heavy atom. The molecule has 3 heterocycles. The summed E-state index contributed by atoms with van der Waals surface area (Å²) >= 11 is 1.21. The minimum Gasteiger partial charge on any atom is -0.494 e. The summed E-state index contributed by atoms with van der Waals surface area (Å²) in [5, 5.41) is 4.92. The highest BCUT2D eigenvalue weighted by Crippen LogP contribution is 2.36. The van der Waals surface area contributed by atoms with Crippen molar-refractivity contribution in [2.24, 2.45) is 4.99 Å². The molecule has 12 heteroatoms. The zero-order chi connectivity index (χ0) is 34.7. The highest BCUT2D eigenvalue weighted by molar-refractivity contribution is 7.07.